The van der Waals surface area contributed by atoms with E-state index in [1.54, 1.807) is 6.92 Å². The fraction of sp³-hybridized carbons (Fsp3) is 0.381. The zero-order chi connectivity index (χ0) is 20.3. The Hall–Kier alpha value is -2.51. The Balaban J connectivity index is 1.60. The van der Waals surface area contributed by atoms with Gasteiger partial charge in [0, 0.05) is 11.3 Å². The van der Waals surface area contributed by atoms with E-state index in [1.165, 1.54) is 22.2 Å². The fourth-order valence-electron chi connectivity index (χ4n) is 2.94. The molecule has 1 N–H and O–H groups in total. The Morgan fingerprint density at radius 2 is 2.00 bits per heavy atom. The van der Waals surface area contributed by atoms with Gasteiger partial charge in [-0.05, 0) is 50.5 Å². The third kappa shape index (κ3) is 4.66. The van der Waals surface area contributed by atoms with Crippen LogP contribution in [0.1, 0.15) is 29.3 Å². The zero-order valence-corrected chi connectivity index (χ0v) is 17.1. The highest BCUT2D eigenvalue weighted by Gasteiger charge is 2.14. The smallest absolute Gasteiger partial charge is 0.262 e. The first-order valence-electron chi connectivity index (χ1n) is 9.19. The number of aliphatic hydroxyl groups excluding tert-OH is 1. The van der Waals surface area contributed by atoms with Crippen molar-refractivity contribution in [3.8, 4) is 5.75 Å². The van der Waals surface area contributed by atoms with Crippen molar-refractivity contribution in [2.24, 2.45) is 0 Å². The second-order valence-electron chi connectivity index (χ2n) is 6.98. The summed E-state index contributed by atoms with van der Waals surface area (Å²) in [5.74, 6) is 0.801. The van der Waals surface area contributed by atoms with E-state index in [4.69, 9.17) is 4.74 Å². The molecule has 7 heteroatoms. The highest BCUT2D eigenvalue weighted by atomic mass is 32.1. The monoisotopic (exact) mass is 400 g/mol. The topological polar surface area (TPSA) is 81.4 Å². The number of carbonyl (C=O) groups is 1. The van der Waals surface area contributed by atoms with E-state index in [-0.39, 0.29) is 24.5 Å². The largest absolute Gasteiger partial charge is 0.491 e. The molecule has 1 aromatic carbocycles. The minimum atomic E-state index is -0.839. The van der Waals surface area contributed by atoms with Gasteiger partial charge in [-0.3, -0.25) is 9.36 Å². The maximum absolute atomic E-state index is 12.7. The molecule has 6 nitrogen and oxygen atoms in total. The molecule has 1 atom stereocenters. The number of ether oxygens (including phenoxy) is 1. The minimum absolute atomic E-state index is 0.0684. The first kappa shape index (κ1) is 20.2. The van der Waals surface area contributed by atoms with Crippen LogP contribution in [0.2, 0.25) is 0 Å². The minimum Gasteiger partial charge on any atom is -0.491 e. The second-order valence-corrected chi connectivity index (χ2v) is 8.18. The summed E-state index contributed by atoms with van der Waals surface area (Å²) < 4.78 is 7.06. The molecule has 0 bridgehead atoms. The SMILES string of the molecule is CC(=O)CCc1ccc(OC[C@H](O)Cn2cnc3sc(C)c(C)c3c2=O)cc1. The highest BCUT2D eigenvalue weighted by molar-refractivity contribution is 7.18. The highest BCUT2D eigenvalue weighted by Crippen LogP contribution is 2.25. The molecule has 0 aliphatic carbocycles. The van der Waals surface area contributed by atoms with E-state index < -0.39 is 6.10 Å². The van der Waals surface area contributed by atoms with Crippen molar-refractivity contribution in [1.82, 2.24) is 9.55 Å². The number of hydrogen-bond donors (Lipinski definition) is 1. The van der Waals surface area contributed by atoms with Crippen molar-refractivity contribution >= 4 is 27.3 Å². The number of aliphatic hydroxyl groups is 1. The van der Waals surface area contributed by atoms with Gasteiger partial charge in [0.2, 0.25) is 0 Å². The van der Waals surface area contributed by atoms with Crippen molar-refractivity contribution in [3.05, 3.63) is 57.0 Å². The summed E-state index contributed by atoms with van der Waals surface area (Å²) in [4.78, 5) is 29.9. The Morgan fingerprint density at radius 1 is 1.29 bits per heavy atom. The van der Waals surface area contributed by atoms with Crippen molar-refractivity contribution in [2.75, 3.05) is 6.61 Å². The number of aryl methyl sites for hydroxylation is 3. The van der Waals surface area contributed by atoms with Crippen LogP contribution in [0.5, 0.6) is 5.75 Å². The molecule has 0 saturated heterocycles. The third-order valence-electron chi connectivity index (χ3n) is 4.69. The van der Waals surface area contributed by atoms with Gasteiger partial charge in [-0.15, -0.1) is 11.3 Å². The summed E-state index contributed by atoms with van der Waals surface area (Å²) in [7, 11) is 0. The number of fused-ring (bicyclic) bond motifs is 1. The maximum atomic E-state index is 12.7. The Labute approximate surface area is 167 Å². The van der Waals surface area contributed by atoms with E-state index >= 15 is 0 Å². The van der Waals surface area contributed by atoms with Crippen LogP contribution in [0, 0.1) is 13.8 Å². The molecule has 0 saturated carbocycles. The Morgan fingerprint density at radius 3 is 2.68 bits per heavy atom. The summed E-state index contributed by atoms with van der Waals surface area (Å²) in [6, 6.07) is 7.46. The summed E-state index contributed by atoms with van der Waals surface area (Å²) in [6.07, 6.45) is 1.87. The van der Waals surface area contributed by atoms with E-state index in [0.29, 0.717) is 24.0 Å². The predicted octanol–water partition coefficient (Wildman–Crippen LogP) is 3.04. The molecule has 0 radical (unpaired) electrons. The van der Waals surface area contributed by atoms with Crippen LogP contribution in [0.4, 0.5) is 0 Å². The lowest BCUT2D eigenvalue weighted by molar-refractivity contribution is -0.116. The molecule has 0 unspecified atom stereocenters. The van der Waals surface area contributed by atoms with Gasteiger partial charge in [-0.2, -0.15) is 0 Å². The maximum Gasteiger partial charge on any atom is 0.262 e. The number of rotatable bonds is 8. The quantitative estimate of drug-likeness (QED) is 0.629. The summed E-state index contributed by atoms with van der Waals surface area (Å²) in [5, 5.41) is 10.9. The molecule has 2 heterocycles. The Kier molecular flexibility index (Phi) is 6.26. The van der Waals surface area contributed by atoms with Crippen LogP contribution in [0.3, 0.4) is 0 Å². The normalized spacial score (nSPS) is 12.3. The lowest BCUT2D eigenvalue weighted by Crippen LogP contribution is -2.30. The van der Waals surface area contributed by atoms with Crippen LogP contribution >= 0.6 is 11.3 Å². The predicted molar refractivity (Wildman–Crippen MR) is 110 cm³/mol. The first-order chi connectivity index (χ1) is 13.3. The number of hydrogen-bond acceptors (Lipinski definition) is 6. The van der Waals surface area contributed by atoms with Crippen LogP contribution < -0.4 is 10.3 Å². The second kappa shape index (κ2) is 8.67. The van der Waals surface area contributed by atoms with Crippen LogP contribution in [0.25, 0.3) is 10.2 Å². The van der Waals surface area contributed by atoms with Gasteiger partial charge in [0.05, 0.1) is 18.3 Å². The standard InChI is InChI=1S/C21H24N2O4S/c1-13(24)4-5-16-6-8-18(9-7-16)27-11-17(25)10-23-12-22-20-19(21(23)26)14(2)15(3)28-20/h6-9,12,17,25H,4-5,10-11H2,1-3H3/t17-/m1/s1. The lowest BCUT2D eigenvalue weighted by atomic mass is 10.1. The number of benzene rings is 1. The van der Waals surface area contributed by atoms with Gasteiger partial charge in [-0.1, -0.05) is 12.1 Å². The van der Waals surface area contributed by atoms with Gasteiger partial charge < -0.3 is 14.6 Å². The summed E-state index contributed by atoms with van der Waals surface area (Å²) in [5.41, 5.74) is 1.87. The third-order valence-corrected chi connectivity index (χ3v) is 5.81. The lowest BCUT2D eigenvalue weighted by Gasteiger charge is -2.14. The van der Waals surface area contributed by atoms with Crippen LogP contribution in [0.15, 0.2) is 35.4 Å². The number of thiophene rings is 1. The number of aromatic nitrogens is 2. The van der Waals surface area contributed by atoms with E-state index in [2.05, 4.69) is 4.98 Å². The number of nitrogens with zero attached hydrogens (tertiary/aromatic N) is 2. The zero-order valence-electron chi connectivity index (χ0n) is 16.3. The molecular formula is C21H24N2O4S. The molecule has 0 spiro atoms. The average molecular weight is 401 g/mol. The summed E-state index contributed by atoms with van der Waals surface area (Å²) in [6.45, 7) is 5.66. The van der Waals surface area contributed by atoms with Gasteiger partial charge in [0.1, 0.15) is 29.1 Å². The molecule has 28 heavy (non-hydrogen) atoms. The first-order valence-corrected chi connectivity index (χ1v) is 10.0. The average Bonchev–Trinajstić information content (AvgIpc) is 2.96. The Bertz CT molecular complexity index is 1040. The van der Waals surface area contributed by atoms with Crippen molar-refractivity contribution in [1.29, 1.82) is 0 Å². The molecule has 0 fully saturated rings. The van der Waals surface area contributed by atoms with Crippen molar-refractivity contribution < 1.29 is 14.6 Å². The fourth-order valence-corrected chi connectivity index (χ4v) is 3.93. The van der Waals surface area contributed by atoms with Gasteiger partial charge >= 0.3 is 0 Å². The van der Waals surface area contributed by atoms with Crippen molar-refractivity contribution in [2.45, 2.75) is 46.3 Å². The number of carbonyl (C=O) groups excluding carboxylic acids is 1. The molecule has 2 aromatic heterocycles. The summed E-state index contributed by atoms with van der Waals surface area (Å²) >= 11 is 1.50. The van der Waals surface area contributed by atoms with Gasteiger partial charge in [-0.25, -0.2) is 4.98 Å². The molecule has 148 valence electrons. The molecule has 3 aromatic rings. The van der Waals surface area contributed by atoms with Gasteiger partial charge in [0.15, 0.2) is 0 Å². The van der Waals surface area contributed by atoms with Crippen molar-refractivity contribution in [3.63, 3.8) is 0 Å². The number of Topliss-reactive ketones (excluding diaryl/α,β-unsaturated/α-hetero) is 1. The molecule has 3 rings (SSSR count). The molecule has 0 aliphatic rings. The molecule has 0 amide bonds. The van der Waals surface area contributed by atoms with Crippen LogP contribution in [-0.2, 0) is 17.8 Å². The molecular weight excluding hydrogens is 376 g/mol. The molecule has 0 aliphatic heterocycles. The van der Waals surface area contributed by atoms with E-state index in [9.17, 15) is 14.7 Å². The van der Waals surface area contributed by atoms with Gasteiger partial charge in [0.25, 0.3) is 5.56 Å². The van der Waals surface area contributed by atoms with Crippen LogP contribution in [-0.4, -0.2) is 33.2 Å². The van der Waals surface area contributed by atoms with E-state index in [1.807, 2.05) is 38.1 Å². The number of ketones is 1. The van der Waals surface area contributed by atoms with E-state index in [0.717, 1.165) is 20.8 Å².